The Hall–Kier alpha value is -1.75. The van der Waals surface area contributed by atoms with Crippen LogP contribution in [0.4, 0.5) is 0 Å². The van der Waals surface area contributed by atoms with Gasteiger partial charge in [0.25, 0.3) is 0 Å². The Morgan fingerprint density at radius 1 is 1.19 bits per heavy atom. The average Bonchev–Trinajstić information content (AvgIpc) is 2.51. The summed E-state index contributed by atoms with van der Waals surface area (Å²) in [5.41, 5.74) is 1.10. The minimum absolute atomic E-state index is 0.0869. The first-order chi connectivity index (χ1) is 10.1. The average molecular weight is 294 g/mol. The maximum Gasteiger partial charge on any atom is 0.221 e. The molecule has 0 aliphatic heterocycles. The predicted molar refractivity (Wildman–Crippen MR) is 83.9 cm³/mol. The zero-order valence-electron chi connectivity index (χ0n) is 13.4. The van der Waals surface area contributed by atoms with Crippen LogP contribution in [0.15, 0.2) is 18.2 Å². The van der Waals surface area contributed by atoms with Crippen molar-refractivity contribution in [3.05, 3.63) is 23.8 Å². The first-order valence-corrected chi connectivity index (χ1v) is 7.34. The van der Waals surface area contributed by atoms with Crippen molar-refractivity contribution in [1.82, 2.24) is 10.6 Å². The van der Waals surface area contributed by atoms with Crippen LogP contribution in [-0.4, -0.2) is 33.2 Å². The van der Waals surface area contributed by atoms with Gasteiger partial charge in [-0.3, -0.25) is 4.79 Å². The number of nitrogens with one attached hydrogen (secondary N) is 2. The van der Waals surface area contributed by atoms with E-state index in [9.17, 15) is 4.79 Å². The molecule has 0 bridgehead atoms. The van der Waals surface area contributed by atoms with Crippen LogP contribution in [-0.2, 0) is 4.79 Å². The molecule has 118 valence electrons. The Morgan fingerprint density at radius 2 is 1.90 bits per heavy atom. The highest BCUT2D eigenvalue weighted by molar-refractivity contribution is 5.75. The van der Waals surface area contributed by atoms with E-state index >= 15 is 0 Å². The first-order valence-electron chi connectivity index (χ1n) is 7.34. The number of rotatable bonds is 9. The molecule has 0 saturated carbocycles. The third-order valence-electron chi connectivity index (χ3n) is 3.28. The highest BCUT2D eigenvalue weighted by atomic mass is 16.5. The van der Waals surface area contributed by atoms with Crippen molar-refractivity contribution < 1.29 is 14.3 Å². The maximum absolute atomic E-state index is 11.5. The molecular weight excluding hydrogens is 268 g/mol. The molecule has 1 aromatic rings. The van der Waals surface area contributed by atoms with E-state index in [1.165, 1.54) is 0 Å². The van der Waals surface area contributed by atoms with E-state index in [0.717, 1.165) is 18.5 Å². The molecule has 0 heterocycles. The van der Waals surface area contributed by atoms with Gasteiger partial charge in [-0.15, -0.1) is 0 Å². The van der Waals surface area contributed by atoms with E-state index < -0.39 is 0 Å². The fraction of sp³-hybridized carbons (Fsp3) is 0.562. The molecule has 1 rings (SSSR count). The molecule has 0 radical (unpaired) electrons. The van der Waals surface area contributed by atoms with Crippen molar-refractivity contribution in [2.24, 2.45) is 0 Å². The summed E-state index contributed by atoms with van der Waals surface area (Å²) in [7, 11) is 3.24. The van der Waals surface area contributed by atoms with Crippen LogP contribution >= 0.6 is 0 Å². The number of ether oxygens (including phenoxy) is 2. The number of amides is 1. The fourth-order valence-corrected chi connectivity index (χ4v) is 2.00. The molecular formula is C16H26N2O3. The number of benzene rings is 1. The lowest BCUT2D eigenvalue weighted by Gasteiger charge is -2.16. The van der Waals surface area contributed by atoms with Gasteiger partial charge in [-0.05, 0) is 31.0 Å². The smallest absolute Gasteiger partial charge is 0.221 e. The molecule has 5 heteroatoms. The highest BCUT2D eigenvalue weighted by Gasteiger charge is 2.10. The van der Waals surface area contributed by atoms with Gasteiger partial charge in [-0.2, -0.15) is 0 Å². The second kappa shape index (κ2) is 9.23. The molecule has 1 aromatic carbocycles. The van der Waals surface area contributed by atoms with E-state index in [1.807, 2.05) is 25.1 Å². The summed E-state index contributed by atoms with van der Waals surface area (Å²) >= 11 is 0. The summed E-state index contributed by atoms with van der Waals surface area (Å²) in [4.78, 5) is 11.5. The Bertz CT molecular complexity index is 449. The van der Waals surface area contributed by atoms with Crippen LogP contribution in [0.5, 0.6) is 11.5 Å². The molecule has 21 heavy (non-hydrogen) atoms. The van der Waals surface area contributed by atoms with E-state index in [-0.39, 0.29) is 11.9 Å². The van der Waals surface area contributed by atoms with E-state index in [0.29, 0.717) is 24.5 Å². The Labute approximate surface area is 127 Å². The van der Waals surface area contributed by atoms with Crippen LogP contribution < -0.4 is 20.1 Å². The number of carbonyl (C=O) groups is 1. The normalized spacial score (nSPS) is 11.8. The third kappa shape index (κ3) is 5.63. The molecule has 0 spiro atoms. The quantitative estimate of drug-likeness (QED) is 0.733. The Morgan fingerprint density at radius 3 is 2.52 bits per heavy atom. The van der Waals surface area contributed by atoms with Crippen LogP contribution in [0.25, 0.3) is 0 Å². The Kier molecular flexibility index (Phi) is 7.61. The van der Waals surface area contributed by atoms with Crippen molar-refractivity contribution in [3.8, 4) is 11.5 Å². The van der Waals surface area contributed by atoms with Crippen molar-refractivity contribution in [1.29, 1.82) is 0 Å². The molecule has 0 fully saturated rings. The third-order valence-corrected chi connectivity index (χ3v) is 3.28. The van der Waals surface area contributed by atoms with Gasteiger partial charge in [-0.1, -0.05) is 13.0 Å². The molecule has 5 nitrogen and oxygen atoms in total. The van der Waals surface area contributed by atoms with Crippen LogP contribution in [0.3, 0.4) is 0 Å². The van der Waals surface area contributed by atoms with Gasteiger partial charge >= 0.3 is 0 Å². The molecule has 0 saturated heterocycles. The lowest BCUT2D eigenvalue weighted by Crippen LogP contribution is -2.29. The summed E-state index contributed by atoms with van der Waals surface area (Å²) < 4.78 is 10.5. The van der Waals surface area contributed by atoms with Crippen LogP contribution in [0, 0.1) is 0 Å². The summed E-state index contributed by atoms with van der Waals surface area (Å²) in [6.45, 7) is 5.48. The minimum Gasteiger partial charge on any atom is -0.493 e. The van der Waals surface area contributed by atoms with E-state index in [4.69, 9.17) is 9.47 Å². The van der Waals surface area contributed by atoms with Gasteiger partial charge in [0.1, 0.15) is 0 Å². The lowest BCUT2D eigenvalue weighted by molar-refractivity contribution is -0.121. The van der Waals surface area contributed by atoms with Crippen molar-refractivity contribution in [2.45, 2.75) is 32.7 Å². The summed E-state index contributed by atoms with van der Waals surface area (Å²) in [6, 6.07) is 5.98. The minimum atomic E-state index is 0.0869. The van der Waals surface area contributed by atoms with Crippen molar-refractivity contribution in [2.75, 3.05) is 27.3 Å². The molecule has 2 N–H and O–H groups in total. The highest BCUT2D eigenvalue weighted by Crippen LogP contribution is 2.29. The zero-order chi connectivity index (χ0) is 15.7. The maximum atomic E-state index is 11.5. The topological polar surface area (TPSA) is 59.6 Å². The zero-order valence-corrected chi connectivity index (χ0v) is 13.4. The molecule has 0 aliphatic rings. The summed E-state index contributed by atoms with van der Waals surface area (Å²) in [6.07, 6.45) is 1.44. The number of methoxy groups -OCH3 is 2. The van der Waals surface area contributed by atoms with Gasteiger partial charge < -0.3 is 20.1 Å². The van der Waals surface area contributed by atoms with Crippen LogP contribution in [0.1, 0.15) is 38.3 Å². The number of hydrogen-bond donors (Lipinski definition) is 2. The summed E-state index contributed by atoms with van der Waals surface area (Å²) in [5.74, 6) is 1.51. The number of carbonyl (C=O) groups excluding carboxylic acids is 1. The van der Waals surface area contributed by atoms with Crippen molar-refractivity contribution in [3.63, 3.8) is 0 Å². The molecule has 1 atom stereocenters. The molecule has 0 aromatic heterocycles. The Balaban J connectivity index is 2.48. The largest absolute Gasteiger partial charge is 0.493 e. The second-order valence-electron chi connectivity index (χ2n) is 4.89. The first kappa shape index (κ1) is 17.3. The van der Waals surface area contributed by atoms with E-state index in [1.54, 1.807) is 14.2 Å². The molecule has 1 amide bonds. The predicted octanol–water partition coefficient (Wildman–Crippen LogP) is 2.27. The van der Waals surface area contributed by atoms with Crippen molar-refractivity contribution >= 4 is 5.91 Å². The standard InChI is InChI=1S/C16H26N2O3/c1-5-9-18-16(19)8-10-17-12(2)13-6-7-14(20-3)15(11-13)21-4/h6-7,11-12,17H,5,8-10H2,1-4H3,(H,18,19). The second-order valence-corrected chi connectivity index (χ2v) is 4.89. The van der Waals surface area contributed by atoms with Gasteiger partial charge in [0.15, 0.2) is 11.5 Å². The summed E-state index contributed by atoms with van der Waals surface area (Å²) in [5, 5.41) is 6.20. The van der Waals surface area contributed by atoms with Gasteiger partial charge in [0, 0.05) is 25.6 Å². The monoisotopic (exact) mass is 294 g/mol. The lowest BCUT2D eigenvalue weighted by atomic mass is 10.1. The molecule has 1 unspecified atom stereocenters. The van der Waals surface area contributed by atoms with Gasteiger partial charge in [-0.25, -0.2) is 0 Å². The molecule has 0 aliphatic carbocycles. The SMILES string of the molecule is CCCNC(=O)CCNC(C)c1ccc(OC)c(OC)c1. The number of hydrogen-bond acceptors (Lipinski definition) is 4. The van der Waals surface area contributed by atoms with Crippen LogP contribution in [0.2, 0.25) is 0 Å². The fourth-order valence-electron chi connectivity index (χ4n) is 2.00. The van der Waals surface area contributed by atoms with Gasteiger partial charge in [0.05, 0.1) is 14.2 Å². The van der Waals surface area contributed by atoms with E-state index in [2.05, 4.69) is 17.6 Å². The van der Waals surface area contributed by atoms with Gasteiger partial charge in [0.2, 0.25) is 5.91 Å².